The maximum Gasteiger partial charge on any atom is 0.310 e. The summed E-state index contributed by atoms with van der Waals surface area (Å²) in [5.74, 6) is -0.915. The van der Waals surface area contributed by atoms with Crippen LogP contribution in [0.25, 0.3) is 0 Å². The highest BCUT2D eigenvalue weighted by molar-refractivity contribution is 5.90. The maximum atomic E-state index is 11.6. The van der Waals surface area contributed by atoms with E-state index < -0.39 is 11.4 Å². The van der Waals surface area contributed by atoms with Crippen LogP contribution in [0.4, 0.5) is 0 Å². The number of carbonyl (C=O) groups is 2. The van der Waals surface area contributed by atoms with E-state index >= 15 is 0 Å². The van der Waals surface area contributed by atoms with Crippen molar-refractivity contribution in [3.63, 3.8) is 0 Å². The summed E-state index contributed by atoms with van der Waals surface area (Å²) in [6.07, 6.45) is 6.94. The van der Waals surface area contributed by atoms with E-state index in [1.807, 2.05) is 12.2 Å². The number of carboxylic acids is 1. The molecular weight excluding hydrogens is 180 g/mol. The van der Waals surface area contributed by atoms with Gasteiger partial charge in [0.2, 0.25) is 0 Å². The fraction of sp³-hybridized carbons (Fsp3) is 0.636. The monoisotopic (exact) mass is 194 g/mol. The van der Waals surface area contributed by atoms with Crippen LogP contribution in [0, 0.1) is 11.3 Å². The summed E-state index contributed by atoms with van der Waals surface area (Å²) in [7, 11) is 0. The summed E-state index contributed by atoms with van der Waals surface area (Å²) in [5, 5.41) is 9.26. The summed E-state index contributed by atoms with van der Waals surface area (Å²) in [4.78, 5) is 22.9. The zero-order valence-electron chi connectivity index (χ0n) is 8.03. The lowest BCUT2D eigenvalue weighted by molar-refractivity contribution is -0.159. The average Bonchev–Trinajstić information content (AvgIpc) is 2.18. The molecule has 0 aromatic rings. The van der Waals surface area contributed by atoms with Crippen molar-refractivity contribution < 1.29 is 14.7 Å². The van der Waals surface area contributed by atoms with Crippen molar-refractivity contribution in [2.75, 3.05) is 0 Å². The Labute approximate surface area is 82.8 Å². The van der Waals surface area contributed by atoms with Gasteiger partial charge in [-0.1, -0.05) is 12.2 Å². The van der Waals surface area contributed by atoms with E-state index in [4.69, 9.17) is 0 Å². The number of allylic oxidation sites excluding steroid dienone is 2. The second-order valence-electron chi connectivity index (χ2n) is 4.24. The van der Waals surface area contributed by atoms with Gasteiger partial charge in [-0.05, 0) is 25.7 Å². The van der Waals surface area contributed by atoms with Crippen LogP contribution in [0.1, 0.15) is 32.1 Å². The van der Waals surface area contributed by atoms with Gasteiger partial charge >= 0.3 is 5.97 Å². The van der Waals surface area contributed by atoms with Crippen molar-refractivity contribution in [1.82, 2.24) is 0 Å². The number of rotatable bonds is 1. The summed E-state index contributed by atoms with van der Waals surface area (Å²) >= 11 is 0. The molecule has 1 fully saturated rings. The molecule has 0 aliphatic heterocycles. The van der Waals surface area contributed by atoms with E-state index in [0.717, 1.165) is 6.42 Å². The molecule has 0 aromatic heterocycles. The third-order valence-electron chi connectivity index (χ3n) is 3.55. The molecule has 0 radical (unpaired) electrons. The molecule has 0 spiro atoms. The zero-order chi connectivity index (χ0) is 10.2. The molecule has 2 atom stereocenters. The van der Waals surface area contributed by atoms with Crippen LogP contribution >= 0.6 is 0 Å². The van der Waals surface area contributed by atoms with Crippen LogP contribution < -0.4 is 0 Å². The largest absolute Gasteiger partial charge is 0.481 e. The standard InChI is InChI=1S/C11H14O3/c12-9-5-3-7-11(10(13)14)6-2-1-4-8(9)11/h1-2,8H,3-7H2,(H,13,14)/t8-,11+/m1/s1. The summed E-state index contributed by atoms with van der Waals surface area (Å²) in [6, 6.07) is 0. The summed E-state index contributed by atoms with van der Waals surface area (Å²) < 4.78 is 0. The Bertz CT molecular complexity index is 304. The van der Waals surface area contributed by atoms with E-state index in [1.165, 1.54) is 0 Å². The van der Waals surface area contributed by atoms with Crippen LogP contribution in [0.15, 0.2) is 12.2 Å². The lowest BCUT2D eigenvalue weighted by atomic mass is 9.61. The average molecular weight is 194 g/mol. The quantitative estimate of drug-likeness (QED) is 0.647. The predicted molar refractivity (Wildman–Crippen MR) is 50.8 cm³/mol. The molecule has 2 rings (SSSR count). The van der Waals surface area contributed by atoms with Crippen molar-refractivity contribution >= 4 is 11.8 Å². The molecule has 0 saturated heterocycles. The molecule has 0 heterocycles. The van der Waals surface area contributed by atoms with E-state index in [-0.39, 0.29) is 11.7 Å². The van der Waals surface area contributed by atoms with Gasteiger partial charge in [-0.25, -0.2) is 0 Å². The summed E-state index contributed by atoms with van der Waals surface area (Å²) in [5.41, 5.74) is -0.774. The Balaban J connectivity index is 2.37. The number of fused-ring (bicyclic) bond motifs is 1. The topological polar surface area (TPSA) is 54.4 Å². The molecule has 0 amide bonds. The highest BCUT2D eigenvalue weighted by atomic mass is 16.4. The number of hydrogen-bond donors (Lipinski definition) is 1. The van der Waals surface area contributed by atoms with E-state index in [0.29, 0.717) is 25.7 Å². The number of aliphatic carboxylic acids is 1. The number of hydrogen-bond acceptors (Lipinski definition) is 2. The van der Waals surface area contributed by atoms with Gasteiger partial charge in [0.25, 0.3) is 0 Å². The highest BCUT2D eigenvalue weighted by Gasteiger charge is 2.50. The zero-order valence-corrected chi connectivity index (χ0v) is 8.03. The lowest BCUT2D eigenvalue weighted by Crippen LogP contribution is -2.46. The molecule has 3 nitrogen and oxygen atoms in total. The smallest absolute Gasteiger partial charge is 0.310 e. The van der Waals surface area contributed by atoms with Crippen molar-refractivity contribution in [1.29, 1.82) is 0 Å². The normalized spacial score (nSPS) is 36.6. The van der Waals surface area contributed by atoms with Gasteiger partial charge in [-0.2, -0.15) is 0 Å². The maximum absolute atomic E-state index is 11.6. The van der Waals surface area contributed by atoms with E-state index in [2.05, 4.69) is 0 Å². The molecule has 0 aromatic carbocycles. The molecular formula is C11H14O3. The fourth-order valence-corrected chi connectivity index (χ4v) is 2.71. The Hall–Kier alpha value is -1.12. The van der Waals surface area contributed by atoms with Crippen molar-refractivity contribution in [3.05, 3.63) is 12.2 Å². The van der Waals surface area contributed by atoms with Gasteiger partial charge in [0.1, 0.15) is 5.78 Å². The predicted octanol–water partition coefficient (Wildman–Crippen LogP) is 1.78. The number of ketones is 1. The molecule has 0 unspecified atom stereocenters. The second kappa shape index (κ2) is 3.23. The van der Waals surface area contributed by atoms with Crippen molar-refractivity contribution in [2.24, 2.45) is 11.3 Å². The van der Waals surface area contributed by atoms with Crippen molar-refractivity contribution in [2.45, 2.75) is 32.1 Å². The molecule has 1 N–H and O–H groups in total. The SMILES string of the molecule is O=C1CCC[C@@]2(C(=O)O)CC=CC[C@H]12. The van der Waals surface area contributed by atoms with Gasteiger partial charge in [0.15, 0.2) is 0 Å². The second-order valence-corrected chi connectivity index (χ2v) is 4.24. The van der Waals surface area contributed by atoms with Gasteiger partial charge in [0, 0.05) is 12.3 Å². The van der Waals surface area contributed by atoms with Crippen LogP contribution in [0.3, 0.4) is 0 Å². The van der Waals surface area contributed by atoms with E-state index in [1.54, 1.807) is 0 Å². The minimum Gasteiger partial charge on any atom is -0.481 e. The van der Waals surface area contributed by atoms with E-state index in [9.17, 15) is 14.7 Å². The Morgan fingerprint density at radius 3 is 2.93 bits per heavy atom. The third-order valence-corrected chi connectivity index (χ3v) is 3.55. The van der Waals surface area contributed by atoms with Gasteiger partial charge < -0.3 is 5.11 Å². The molecule has 3 heteroatoms. The Kier molecular flexibility index (Phi) is 2.17. The molecule has 2 aliphatic rings. The first-order chi connectivity index (χ1) is 6.67. The Morgan fingerprint density at radius 2 is 2.29 bits per heavy atom. The first kappa shape index (κ1) is 9.44. The van der Waals surface area contributed by atoms with Crippen LogP contribution in [0.2, 0.25) is 0 Å². The van der Waals surface area contributed by atoms with Gasteiger partial charge in [0.05, 0.1) is 5.41 Å². The van der Waals surface area contributed by atoms with Gasteiger partial charge in [-0.15, -0.1) is 0 Å². The number of carboxylic acid groups (broad SMARTS) is 1. The minimum atomic E-state index is -0.792. The minimum absolute atomic E-state index is 0.142. The van der Waals surface area contributed by atoms with Crippen molar-refractivity contribution in [3.8, 4) is 0 Å². The fourth-order valence-electron chi connectivity index (χ4n) is 2.71. The highest BCUT2D eigenvalue weighted by Crippen LogP contribution is 2.46. The summed E-state index contributed by atoms with van der Waals surface area (Å²) in [6.45, 7) is 0. The van der Waals surface area contributed by atoms with Crippen LogP contribution in [0.5, 0.6) is 0 Å². The molecule has 2 aliphatic carbocycles. The number of carbonyl (C=O) groups excluding carboxylic acids is 1. The molecule has 1 saturated carbocycles. The Morgan fingerprint density at radius 1 is 1.50 bits per heavy atom. The molecule has 76 valence electrons. The molecule has 0 bridgehead atoms. The third kappa shape index (κ3) is 1.19. The van der Waals surface area contributed by atoms with Gasteiger partial charge in [-0.3, -0.25) is 9.59 Å². The number of Topliss-reactive ketones (excluding diaryl/α,β-unsaturated/α-hetero) is 1. The van der Waals surface area contributed by atoms with Crippen LogP contribution in [-0.2, 0) is 9.59 Å². The first-order valence-electron chi connectivity index (χ1n) is 5.08. The lowest BCUT2D eigenvalue weighted by Gasteiger charge is -2.40. The first-order valence-corrected chi connectivity index (χ1v) is 5.08. The van der Waals surface area contributed by atoms with Crippen LogP contribution in [-0.4, -0.2) is 16.9 Å². The molecule has 14 heavy (non-hydrogen) atoms.